The predicted molar refractivity (Wildman–Crippen MR) is 74.6 cm³/mol. The highest BCUT2D eigenvalue weighted by molar-refractivity contribution is 7.89. The molecule has 0 bridgehead atoms. The van der Waals surface area contributed by atoms with Crippen LogP contribution in [0.4, 0.5) is 5.69 Å². The Morgan fingerprint density at radius 2 is 2.05 bits per heavy atom. The van der Waals surface area contributed by atoms with Gasteiger partial charge in [-0.1, -0.05) is 12.8 Å². The summed E-state index contributed by atoms with van der Waals surface area (Å²) in [4.78, 5) is 0.141. The Morgan fingerprint density at radius 1 is 1.37 bits per heavy atom. The van der Waals surface area contributed by atoms with Gasteiger partial charge in [-0.3, -0.25) is 0 Å². The molecule has 6 heteroatoms. The van der Waals surface area contributed by atoms with E-state index in [2.05, 4.69) is 4.72 Å². The molecule has 0 aliphatic heterocycles. The zero-order valence-electron chi connectivity index (χ0n) is 11.1. The van der Waals surface area contributed by atoms with E-state index in [0.717, 1.165) is 12.8 Å². The Bertz CT molecular complexity index is 537. The zero-order valence-corrected chi connectivity index (χ0v) is 11.9. The van der Waals surface area contributed by atoms with E-state index in [1.165, 1.54) is 32.1 Å². The lowest BCUT2D eigenvalue weighted by Gasteiger charge is -2.13. The van der Waals surface area contributed by atoms with Crippen LogP contribution < -0.4 is 15.2 Å². The third-order valence-corrected chi connectivity index (χ3v) is 4.98. The number of hydrogen-bond acceptors (Lipinski definition) is 4. The molecular weight excluding hydrogens is 264 g/mol. The molecule has 3 N–H and O–H groups in total. The summed E-state index contributed by atoms with van der Waals surface area (Å²) in [5.41, 5.74) is 6.10. The number of nitrogens with two attached hydrogens (primary N) is 1. The van der Waals surface area contributed by atoms with E-state index in [0.29, 0.717) is 18.2 Å². The lowest BCUT2D eigenvalue weighted by atomic mass is 10.1. The van der Waals surface area contributed by atoms with E-state index < -0.39 is 10.0 Å². The van der Waals surface area contributed by atoms with Crippen LogP contribution in [0.3, 0.4) is 0 Å². The molecule has 19 heavy (non-hydrogen) atoms. The second-order valence-corrected chi connectivity index (χ2v) is 6.65. The number of ether oxygens (including phenoxy) is 1. The lowest BCUT2D eigenvalue weighted by molar-refractivity contribution is 0.402. The SMILES string of the molecule is COc1cc(N)ccc1S(=O)(=O)NCC1CCCC1. The Balaban J connectivity index is 2.14. The second kappa shape index (κ2) is 5.79. The predicted octanol–water partition coefficient (Wildman–Crippen LogP) is 1.75. The standard InChI is InChI=1S/C13H20N2O3S/c1-18-12-8-11(14)6-7-13(12)19(16,17)15-9-10-4-2-3-5-10/h6-8,10,15H,2-5,9,14H2,1H3. The molecule has 0 radical (unpaired) electrons. The van der Waals surface area contributed by atoms with Gasteiger partial charge >= 0.3 is 0 Å². The topological polar surface area (TPSA) is 81.4 Å². The summed E-state index contributed by atoms with van der Waals surface area (Å²) < 4.78 is 32.2. The third-order valence-electron chi connectivity index (χ3n) is 3.51. The summed E-state index contributed by atoms with van der Waals surface area (Å²) in [5, 5.41) is 0. The Morgan fingerprint density at radius 3 is 2.68 bits per heavy atom. The fourth-order valence-electron chi connectivity index (χ4n) is 2.43. The van der Waals surface area contributed by atoms with Gasteiger partial charge in [0.15, 0.2) is 0 Å². The molecule has 1 saturated carbocycles. The second-order valence-electron chi connectivity index (χ2n) is 4.91. The number of anilines is 1. The van der Waals surface area contributed by atoms with Crippen LogP contribution in [0, 0.1) is 5.92 Å². The fourth-order valence-corrected chi connectivity index (χ4v) is 3.69. The minimum atomic E-state index is -3.54. The van der Waals surface area contributed by atoms with Gasteiger partial charge in [0, 0.05) is 18.3 Å². The van der Waals surface area contributed by atoms with E-state index >= 15 is 0 Å². The summed E-state index contributed by atoms with van der Waals surface area (Å²) in [6.45, 7) is 0.496. The van der Waals surface area contributed by atoms with Crippen LogP contribution in [0.1, 0.15) is 25.7 Å². The van der Waals surface area contributed by atoms with Crippen LogP contribution in [-0.4, -0.2) is 22.1 Å². The molecule has 0 saturated heterocycles. The third kappa shape index (κ3) is 3.39. The number of methoxy groups -OCH3 is 1. The summed E-state index contributed by atoms with van der Waals surface area (Å²) in [5.74, 6) is 0.730. The van der Waals surface area contributed by atoms with Crippen LogP contribution in [0.2, 0.25) is 0 Å². The monoisotopic (exact) mass is 284 g/mol. The summed E-state index contributed by atoms with van der Waals surface area (Å²) in [7, 11) is -2.10. The molecule has 0 aromatic heterocycles. The average molecular weight is 284 g/mol. The number of sulfonamides is 1. The van der Waals surface area contributed by atoms with Crippen LogP contribution in [-0.2, 0) is 10.0 Å². The molecule has 0 spiro atoms. The minimum absolute atomic E-state index is 0.141. The van der Waals surface area contributed by atoms with Crippen molar-refractivity contribution in [1.82, 2.24) is 4.72 Å². The summed E-state index contributed by atoms with van der Waals surface area (Å²) in [6.07, 6.45) is 4.58. The normalized spacial score (nSPS) is 16.7. The van der Waals surface area contributed by atoms with Crippen LogP contribution in [0.15, 0.2) is 23.1 Å². The molecule has 106 valence electrons. The highest BCUT2D eigenvalue weighted by Gasteiger charge is 2.22. The zero-order chi connectivity index (χ0) is 13.9. The quantitative estimate of drug-likeness (QED) is 0.807. The molecule has 1 fully saturated rings. The van der Waals surface area contributed by atoms with Gasteiger partial charge in [0.1, 0.15) is 10.6 Å². The maximum Gasteiger partial charge on any atom is 0.244 e. The van der Waals surface area contributed by atoms with E-state index in [1.807, 2.05) is 0 Å². The van der Waals surface area contributed by atoms with Crippen molar-refractivity contribution in [3.05, 3.63) is 18.2 Å². The lowest BCUT2D eigenvalue weighted by Crippen LogP contribution is -2.28. The van der Waals surface area contributed by atoms with E-state index in [1.54, 1.807) is 6.07 Å². The maximum absolute atomic E-state index is 12.2. The van der Waals surface area contributed by atoms with E-state index in [-0.39, 0.29) is 10.6 Å². The van der Waals surface area contributed by atoms with Gasteiger partial charge in [0.25, 0.3) is 0 Å². The molecule has 2 rings (SSSR count). The van der Waals surface area contributed by atoms with Gasteiger partial charge in [-0.25, -0.2) is 13.1 Å². The number of nitrogens with one attached hydrogen (secondary N) is 1. The number of nitrogen functional groups attached to an aromatic ring is 1. The van der Waals surface area contributed by atoms with Gasteiger partial charge in [-0.05, 0) is 30.9 Å². The molecule has 0 unspecified atom stereocenters. The highest BCUT2D eigenvalue weighted by Crippen LogP contribution is 2.27. The smallest absolute Gasteiger partial charge is 0.244 e. The summed E-state index contributed by atoms with van der Waals surface area (Å²) in [6, 6.07) is 4.56. The van der Waals surface area contributed by atoms with Crippen molar-refractivity contribution in [2.75, 3.05) is 19.4 Å². The highest BCUT2D eigenvalue weighted by atomic mass is 32.2. The molecule has 1 aliphatic rings. The molecular formula is C13H20N2O3S. The number of rotatable bonds is 5. The molecule has 1 aromatic carbocycles. The van der Waals surface area contributed by atoms with Crippen LogP contribution in [0.5, 0.6) is 5.75 Å². The van der Waals surface area contributed by atoms with Crippen molar-refractivity contribution in [2.24, 2.45) is 5.92 Å². The molecule has 1 aliphatic carbocycles. The molecule has 5 nitrogen and oxygen atoms in total. The van der Waals surface area contributed by atoms with Gasteiger partial charge < -0.3 is 10.5 Å². The maximum atomic E-state index is 12.2. The van der Waals surface area contributed by atoms with Crippen molar-refractivity contribution in [2.45, 2.75) is 30.6 Å². The Labute approximate surface area is 114 Å². The first-order valence-corrected chi connectivity index (χ1v) is 7.94. The molecule has 0 heterocycles. The van der Waals surface area contributed by atoms with Gasteiger partial charge in [0.05, 0.1) is 7.11 Å². The Hall–Kier alpha value is -1.27. The van der Waals surface area contributed by atoms with Crippen molar-refractivity contribution >= 4 is 15.7 Å². The van der Waals surface area contributed by atoms with Crippen LogP contribution in [0.25, 0.3) is 0 Å². The Kier molecular flexibility index (Phi) is 4.31. The van der Waals surface area contributed by atoms with Crippen molar-refractivity contribution in [1.29, 1.82) is 0 Å². The van der Waals surface area contributed by atoms with E-state index in [4.69, 9.17) is 10.5 Å². The minimum Gasteiger partial charge on any atom is -0.495 e. The number of benzene rings is 1. The average Bonchev–Trinajstić information content (AvgIpc) is 2.89. The number of hydrogen-bond donors (Lipinski definition) is 2. The van der Waals surface area contributed by atoms with Gasteiger partial charge in [-0.2, -0.15) is 0 Å². The van der Waals surface area contributed by atoms with Gasteiger partial charge in [-0.15, -0.1) is 0 Å². The first-order valence-electron chi connectivity index (χ1n) is 6.46. The first kappa shape index (κ1) is 14.1. The largest absolute Gasteiger partial charge is 0.495 e. The van der Waals surface area contributed by atoms with Crippen LogP contribution >= 0.6 is 0 Å². The molecule has 1 aromatic rings. The molecule has 0 amide bonds. The van der Waals surface area contributed by atoms with Crippen molar-refractivity contribution in [3.63, 3.8) is 0 Å². The summed E-state index contributed by atoms with van der Waals surface area (Å²) >= 11 is 0. The van der Waals surface area contributed by atoms with Crippen molar-refractivity contribution in [3.8, 4) is 5.75 Å². The fraction of sp³-hybridized carbons (Fsp3) is 0.538. The first-order chi connectivity index (χ1) is 9.03. The molecule has 0 atom stereocenters. The van der Waals surface area contributed by atoms with Crippen molar-refractivity contribution < 1.29 is 13.2 Å². The van der Waals surface area contributed by atoms with E-state index in [9.17, 15) is 8.42 Å². The van der Waals surface area contributed by atoms with Gasteiger partial charge in [0.2, 0.25) is 10.0 Å².